The van der Waals surface area contributed by atoms with Crippen LogP contribution in [-0.4, -0.2) is 36.6 Å². The number of anilines is 1. The van der Waals surface area contributed by atoms with Crippen LogP contribution in [0.1, 0.15) is 18.4 Å². The fraction of sp³-hybridized carbons (Fsp3) is 0.368. The molecule has 0 spiro atoms. The van der Waals surface area contributed by atoms with E-state index in [0.717, 1.165) is 12.3 Å². The highest BCUT2D eigenvalue weighted by Crippen LogP contribution is 2.29. The third kappa shape index (κ3) is 5.81. The maximum Gasteiger partial charge on any atom is 0.417 e. The monoisotopic (exact) mass is 475 g/mol. The summed E-state index contributed by atoms with van der Waals surface area (Å²) in [4.78, 5) is 17.8. The molecule has 1 fully saturated rings. The third-order valence-corrected chi connectivity index (χ3v) is 5.01. The van der Waals surface area contributed by atoms with Crippen molar-refractivity contribution in [2.24, 2.45) is 0 Å². The Morgan fingerprint density at radius 1 is 1.24 bits per heavy atom. The van der Waals surface area contributed by atoms with Crippen LogP contribution in [0.3, 0.4) is 0 Å². The Bertz CT molecular complexity index is 854. The largest absolute Gasteiger partial charge is 0.481 e. The van der Waals surface area contributed by atoms with Gasteiger partial charge in [0.1, 0.15) is 5.82 Å². The molecule has 0 aliphatic carbocycles. The molecule has 29 heavy (non-hydrogen) atoms. The summed E-state index contributed by atoms with van der Waals surface area (Å²) in [5, 5.41) is 2.83. The summed E-state index contributed by atoms with van der Waals surface area (Å²) in [6, 6.07) is 6.56. The predicted octanol–water partition coefficient (Wildman–Crippen LogP) is 4.17. The van der Waals surface area contributed by atoms with E-state index in [1.54, 1.807) is 6.07 Å². The molecular weight excluding hydrogens is 458 g/mol. The zero-order valence-electron chi connectivity index (χ0n) is 15.2. The van der Waals surface area contributed by atoms with Crippen molar-refractivity contribution in [3.05, 3.63) is 52.4 Å². The van der Waals surface area contributed by atoms with Crippen LogP contribution in [0.4, 0.5) is 23.4 Å². The van der Waals surface area contributed by atoms with Gasteiger partial charge in [0, 0.05) is 29.8 Å². The van der Waals surface area contributed by atoms with Gasteiger partial charge in [0.2, 0.25) is 0 Å². The smallest absolute Gasteiger partial charge is 0.417 e. The normalized spacial score (nSPS) is 15.3. The number of alkyl halides is 3. The number of nitrogens with one attached hydrogen (secondary N) is 1. The van der Waals surface area contributed by atoms with Crippen LogP contribution in [-0.2, 0) is 11.0 Å². The van der Waals surface area contributed by atoms with E-state index >= 15 is 0 Å². The molecule has 0 saturated carbocycles. The van der Waals surface area contributed by atoms with Gasteiger partial charge in [-0.1, -0.05) is 15.9 Å². The van der Waals surface area contributed by atoms with Gasteiger partial charge in [-0.3, -0.25) is 4.79 Å². The van der Waals surface area contributed by atoms with Gasteiger partial charge in [0.05, 0.1) is 5.56 Å². The lowest BCUT2D eigenvalue weighted by Gasteiger charge is -2.33. The minimum Gasteiger partial charge on any atom is -0.481 e. The molecule has 0 atom stereocenters. The standard InChI is InChI=1S/C19H18BrF4N3O2/c20-13-2-3-16(15(21)9-13)29-11-18(28)26-14-5-7-27(8-6-14)17-4-1-12(10-25-17)19(22,23)24/h1-4,9-10,14H,5-8,11H2,(H,26,28). The molecule has 2 aromatic rings. The number of carbonyl (C=O) groups is 1. The second-order valence-corrected chi connectivity index (χ2v) is 7.51. The topological polar surface area (TPSA) is 54.5 Å². The second kappa shape index (κ2) is 8.98. The maximum atomic E-state index is 13.7. The second-order valence-electron chi connectivity index (χ2n) is 6.60. The van der Waals surface area contributed by atoms with Crippen LogP contribution in [0.25, 0.3) is 0 Å². The number of benzene rings is 1. The molecule has 1 N–H and O–H groups in total. The van der Waals surface area contributed by atoms with Crippen LogP contribution in [0.15, 0.2) is 41.0 Å². The molecule has 1 amide bonds. The van der Waals surface area contributed by atoms with Crippen molar-refractivity contribution >= 4 is 27.7 Å². The number of amides is 1. The average molecular weight is 476 g/mol. The van der Waals surface area contributed by atoms with Gasteiger partial charge in [0.25, 0.3) is 5.91 Å². The lowest BCUT2D eigenvalue weighted by Crippen LogP contribution is -2.46. The minimum absolute atomic E-state index is 0.00783. The molecule has 0 unspecified atom stereocenters. The summed E-state index contributed by atoms with van der Waals surface area (Å²) in [6.45, 7) is 0.788. The van der Waals surface area contributed by atoms with Gasteiger partial charge < -0.3 is 15.0 Å². The molecule has 1 aliphatic rings. The quantitative estimate of drug-likeness (QED) is 0.659. The number of nitrogens with zero attached hydrogens (tertiary/aromatic N) is 2. The van der Waals surface area contributed by atoms with Crippen molar-refractivity contribution in [3.8, 4) is 5.75 Å². The summed E-state index contributed by atoms with van der Waals surface area (Å²) in [5.74, 6) is -0.466. The van der Waals surface area contributed by atoms with E-state index in [4.69, 9.17) is 4.74 Å². The molecule has 1 aromatic heterocycles. The van der Waals surface area contributed by atoms with E-state index < -0.39 is 17.6 Å². The molecule has 1 aromatic carbocycles. The van der Waals surface area contributed by atoms with Gasteiger partial charge in [0.15, 0.2) is 18.2 Å². The fourth-order valence-electron chi connectivity index (χ4n) is 3.00. The summed E-state index contributed by atoms with van der Waals surface area (Å²) >= 11 is 3.14. The number of pyridine rings is 1. The molecule has 156 valence electrons. The lowest BCUT2D eigenvalue weighted by molar-refractivity contribution is -0.137. The van der Waals surface area contributed by atoms with Gasteiger partial charge >= 0.3 is 6.18 Å². The van der Waals surface area contributed by atoms with Crippen molar-refractivity contribution < 1.29 is 27.1 Å². The van der Waals surface area contributed by atoms with Crippen molar-refractivity contribution in [3.63, 3.8) is 0 Å². The van der Waals surface area contributed by atoms with E-state index in [0.29, 0.717) is 36.2 Å². The highest BCUT2D eigenvalue weighted by molar-refractivity contribution is 9.10. The molecule has 0 radical (unpaired) electrons. The van der Waals surface area contributed by atoms with Crippen molar-refractivity contribution in [1.29, 1.82) is 0 Å². The first-order valence-electron chi connectivity index (χ1n) is 8.88. The van der Waals surface area contributed by atoms with Gasteiger partial charge in [-0.25, -0.2) is 9.37 Å². The summed E-state index contributed by atoms with van der Waals surface area (Å²) in [7, 11) is 0. The maximum absolute atomic E-state index is 13.7. The molecular formula is C19H18BrF4N3O2. The SMILES string of the molecule is O=C(COc1ccc(Br)cc1F)NC1CCN(c2ccc(C(F)(F)F)cn2)CC1. The van der Waals surface area contributed by atoms with Gasteiger partial charge in [-0.05, 0) is 43.2 Å². The van der Waals surface area contributed by atoms with E-state index in [1.165, 1.54) is 18.2 Å². The minimum atomic E-state index is -4.41. The Balaban J connectivity index is 1.45. The van der Waals surface area contributed by atoms with Gasteiger partial charge in [-0.2, -0.15) is 13.2 Å². The lowest BCUT2D eigenvalue weighted by atomic mass is 10.0. The van der Waals surface area contributed by atoms with E-state index in [9.17, 15) is 22.4 Å². The summed E-state index contributed by atoms with van der Waals surface area (Å²) in [5.41, 5.74) is -0.786. The highest BCUT2D eigenvalue weighted by atomic mass is 79.9. The highest BCUT2D eigenvalue weighted by Gasteiger charge is 2.31. The van der Waals surface area contributed by atoms with Gasteiger partial charge in [-0.15, -0.1) is 0 Å². The van der Waals surface area contributed by atoms with E-state index in [-0.39, 0.29) is 24.3 Å². The molecule has 1 saturated heterocycles. The number of aromatic nitrogens is 1. The van der Waals surface area contributed by atoms with E-state index in [1.807, 2.05) is 4.90 Å². The van der Waals surface area contributed by atoms with Crippen LogP contribution in [0.5, 0.6) is 5.75 Å². The summed E-state index contributed by atoms with van der Waals surface area (Å²) < 4.78 is 57.3. The Labute approximate surface area is 173 Å². The van der Waals surface area contributed by atoms with Crippen LogP contribution in [0.2, 0.25) is 0 Å². The van der Waals surface area contributed by atoms with E-state index in [2.05, 4.69) is 26.2 Å². The molecule has 3 rings (SSSR count). The van der Waals surface area contributed by atoms with Crippen LogP contribution < -0.4 is 15.0 Å². The number of carbonyl (C=O) groups excluding carboxylic acids is 1. The van der Waals surface area contributed by atoms with Crippen LogP contribution >= 0.6 is 15.9 Å². The zero-order valence-corrected chi connectivity index (χ0v) is 16.8. The van der Waals surface area contributed by atoms with Crippen LogP contribution in [0, 0.1) is 5.82 Å². The van der Waals surface area contributed by atoms with Crippen molar-refractivity contribution in [2.45, 2.75) is 25.1 Å². The fourth-order valence-corrected chi connectivity index (χ4v) is 3.33. The zero-order chi connectivity index (χ0) is 21.0. The number of halogens is 5. The Morgan fingerprint density at radius 2 is 1.97 bits per heavy atom. The number of hydrogen-bond donors (Lipinski definition) is 1. The summed E-state index contributed by atoms with van der Waals surface area (Å²) in [6.07, 6.45) is -2.37. The molecule has 0 bridgehead atoms. The first kappa shape index (κ1) is 21.4. The number of ether oxygens (including phenoxy) is 1. The first-order valence-corrected chi connectivity index (χ1v) is 9.67. The molecule has 10 heteroatoms. The average Bonchev–Trinajstić information content (AvgIpc) is 2.67. The Morgan fingerprint density at radius 3 is 2.55 bits per heavy atom. The predicted molar refractivity (Wildman–Crippen MR) is 102 cm³/mol. The molecule has 5 nitrogen and oxygen atoms in total. The first-order chi connectivity index (χ1) is 13.7. The number of piperidine rings is 1. The Kier molecular flexibility index (Phi) is 6.61. The number of rotatable bonds is 5. The molecule has 1 aliphatic heterocycles. The van der Waals surface area contributed by atoms with Crippen molar-refractivity contribution in [1.82, 2.24) is 10.3 Å². The molecule has 2 heterocycles. The third-order valence-electron chi connectivity index (χ3n) is 4.51. The Hall–Kier alpha value is -2.36. The number of hydrogen-bond acceptors (Lipinski definition) is 4. The van der Waals surface area contributed by atoms with Crippen molar-refractivity contribution in [2.75, 3.05) is 24.6 Å².